The number of nitrogen functional groups attached to an aromatic ring is 1. The SMILES string of the molecule is CC.CNc1ccc(Sc2ccc(N)cc2)cc1. The smallest absolute Gasteiger partial charge is 0.0338 e. The second kappa shape index (κ2) is 7.67. The Balaban J connectivity index is 0.000000771. The Morgan fingerprint density at radius 2 is 1.28 bits per heavy atom. The summed E-state index contributed by atoms with van der Waals surface area (Å²) >= 11 is 1.73. The average molecular weight is 260 g/mol. The highest BCUT2D eigenvalue weighted by Gasteiger charge is 1.97. The third-order valence-electron chi connectivity index (χ3n) is 2.26. The second-order valence-electron chi connectivity index (χ2n) is 3.45. The lowest BCUT2D eigenvalue weighted by atomic mass is 10.3. The first kappa shape index (κ1) is 14.5. The Hall–Kier alpha value is -1.61. The van der Waals surface area contributed by atoms with Crippen LogP contribution in [-0.2, 0) is 0 Å². The van der Waals surface area contributed by atoms with Crippen molar-refractivity contribution >= 4 is 23.1 Å². The van der Waals surface area contributed by atoms with Gasteiger partial charge in [-0.1, -0.05) is 25.6 Å². The molecular weight excluding hydrogens is 240 g/mol. The first-order valence-corrected chi connectivity index (χ1v) is 6.91. The van der Waals surface area contributed by atoms with E-state index < -0.39 is 0 Å². The van der Waals surface area contributed by atoms with Gasteiger partial charge in [-0.3, -0.25) is 0 Å². The van der Waals surface area contributed by atoms with E-state index in [1.807, 2.05) is 45.2 Å². The summed E-state index contributed by atoms with van der Waals surface area (Å²) in [6.45, 7) is 4.00. The van der Waals surface area contributed by atoms with Gasteiger partial charge in [0.1, 0.15) is 0 Å². The molecule has 2 nitrogen and oxygen atoms in total. The topological polar surface area (TPSA) is 38.0 Å². The highest BCUT2D eigenvalue weighted by molar-refractivity contribution is 7.99. The fourth-order valence-corrected chi connectivity index (χ4v) is 2.18. The van der Waals surface area contributed by atoms with Crippen molar-refractivity contribution < 1.29 is 0 Å². The van der Waals surface area contributed by atoms with Gasteiger partial charge >= 0.3 is 0 Å². The molecule has 0 fully saturated rings. The molecule has 0 aliphatic carbocycles. The normalized spacial score (nSPS) is 9.28. The summed E-state index contributed by atoms with van der Waals surface area (Å²) in [6.07, 6.45) is 0. The van der Waals surface area contributed by atoms with E-state index in [1.54, 1.807) is 11.8 Å². The first-order chi connectivity index (χ1) is 8.78. The molecule has 0 saturated heterocycles. The Morgan fingerprint density at radius 1 is 0.833 bits per heavy atom. The molecule has 0 aliphatic heterocycles. The third kappa shape index (κ3) is 4.34. The van der Waals surface area contributed by atoms with E-state index in [-0.39, 0.29) is 0 Å². The summed E-state index contributed by atoms with van der Waals surface area (Å²) < 4.78 is 0. The third-order valence-corrected chi connectivity index (χ3v) is 3.27. The van der Waals surface area contributed by atoms with Gasteiger partial charge in [0.05, 0.1) is 0 Å². The standard InChI is InChI=1S/C13H14N2S.C2H6/c1-15-11-4-8-13(9-5-11)16-12-6-2-10(14)3-7-12;1-2/h2-9,15H,14H2,1H3;1-2H3. The molecule has 0 atom stereocenters. The lowest BCUT2D eigenvalue weighted by Crippen LogP contribution is -1.86. The van der Waals surface area contributed by atoms with Crippen molar-refractivity contribution in [2.24, 2.45) is 0 Å². The summed E-state index contributed by atoms with van der Waals surface area (Å²) in [5.41, 5.74) is 7.57. The molecule has 0 spiro atoms. The maximum absolute atomic E-state index is 5.64. The van der Waals surface area contributed by atoms with E-state index in [0.29, 0.717) is 0 Å². The number of hydrogen-bond donors (Lipinski definition) is 2. The lowest BCUT2D eigenvalue weighted by Gasteiger charge is -2.04. The van der Waals surface area contributed by atoms with Crippen LogP contribution in [-0.4, -0.2) is 7.05 Å². The molecule has 0 aliphatic rings. The van der Waals surface area contributed by atoms with Crippen LogP contribution in [0, 0.1) is 0 Å². The quantitative estimate of drug-likeness (QED) is 0.799. The zero-order valence-corrected chi connectivity index (χ0v) is 11.9. The number of rotatable bonds is 3. The van der Waals surface area contributed by atoms with E-state index in [4.69, 9.17) is 5.73 Å². The van der Waals surface area contributed by atoms with Crippen LogP contribution in [0.15, 0.2) is 58.3 Å². The predicted molar refractivity (Wildman–Crippen MR) is 82.3 cm³/mol. The van der Waals surface area contributed by atoms with Gasteiger partial charge < -0.3 is 11.1 Å². The zero-order chi connectivity index (χ0) is 13.4. The molecule has 2 aromatic carbocycles. The van der Waals surface area contributed by atoms with Crippen LogP contribution < -0.4 is 11.1 Å². The minimum atomic E-state index is 0.801. The van der Waals surface area contributed by atoms with Crippen molar-refractivity contribution in [3.63, 3.8) is 0 Å². The van der Waals surface area contributed by atoms with E-state index in [0.717, 1.165) is 11.4 Å². The van der Waals surface area contributed by atoms with Crippen LogP contribution in [0.25, 0.3) is 0 Å². The molecular formula is C15H20N2S. The Bertz CT molecular complexity index is 449. The van der Waals surface area contributed by atoms with Crippen LogP contribution in [0.5, 0.6) is 0 Å². The summed E-state index contributed by atoms with van der Waals surface area (Å²) in [4.78, 5) is 2.43. The van der Waals surface area contributed by atoms with Crippen molar-refractivity contribution in [2.75, 3.05) is 18.1 Å². The van der Waals surface area contributed by atoms with Crippen molar-refractivity contribution in [3.05, 3.63) is 48.5 Å². The van der Waals surface area contributed by atoms with E-state index >= 15 is 0 Å². The molecule has 0 heterocycles. The minimum absolute atomic E-state index is 0.801. The van der Waals surface area contributed by atoms with Gasteiger partial charge in [-0.15, -0.1) is 0 Å². The summed E-state index contributed by atoms with van der Waals surface area (Å²) in [7, 11) is 1.92. The summed E-state index contributed by atoms with van der Waals surface area (Å²) in [5, 5.41) is 3.10. The van der Waals surface area contributed by atoms with Gasteiger partial charge in [-0.05, 0) is 48.5 Å². The summed E-state index contributed by atoms with van der Waals surface area (Å²) in [6, 6.07) is 16.3. The molecule has 0 amide bonds. The molecule has 2 aromatic rings. The van der Waals surface area contributed by atoms with Gasteiger partial charge in [-0.2, -0.15) is 0 Å². The Kier molecular flexibility index (Phi) is 6.15. The van der Waals surface area contributed by atoms with Crippen LogP contribution in [0.2, 0.25) is 0 Å². The maximum atomic E-state index is 5.64. The maximum Gasteiger partial charge on any atom is 0.0338 e. The number of anilines is 2. The highest BCUT2D eigenvalue weighted by atomic mass is 32.2. The highest BCUT2D eigenvalue weighted by Crippen LogP contribution is 2.28. The van der Waals surface area contributed by atoms with E-state index in [2.05, 4.69) is 29.6 Å². The largest absolute Gasteiger partial charge is 0.399 e. The molecule has 0 aromatic heterocycles. The van der Waals surface area contributed by atoms with Crippen LogP contribution in [0.4, 0.5) is 11.4 Å². The molecule has 0 bridgehead atoms. The van der Waals surface area contributed by atoms with Gasteiger partial charge in [0.2, 0.25) is 0 Å². The number of nitrogens with two attached hydrogens (primary N) is 1. The van der Waals surface area contributed by atoms with E-state index in [1.165, 1.54) is 9.79 Å². The van der Waals surface area contributed by atoms with Crippen LogP contribution >= 0.6 is 11.8 Å². The molecule has 0 unspecified atom stereocenters. The van der Waals surface area contributed by atoms with E-state index in [9.17, 15) is 0 Å². The van der Waals surface area contributed by atoms with Crippen LogP contribution in [0.3, 0.4) is 0 Å². The molecule has 96 valence electrons. The Morgan fingerprint density at radius 3 is 1.72 bits per heavy atom. The predicted octanol–water partition coefficient (Wildman–Crippen LogP) is 4.49. The number of benzene rings is 2. The fourth-order valence-electron chi connectivity index (χ4n) is 1.36. The van der Waals surface area contributed by atoms with Crippen molar-refractivity contribution in [3.8, 4) is 0 Å². The fraction of sp³-hybridized carbons (Fsp3) is 0.200. The van der Waals surface area contributed by atoms with Crippen molar-refractivity contribution in [2.45, 2.75) is 23.6 Å². The molecule has 3 heteroatoms. The van der Waals surface area contributed by atoms with Gasteiger partial charge in [0.15, 0.2) is 0 Å². The zero-order valence-electron chi connectivity index (χ0n) is 11.1. The Labute approximate surface area is 114 Å². The number of hydrogen-bond acceptors (Lipinski definition) is 3. The van der Waals surface area contributed by atoms with Crippen LogP contribution in [0.1, 0.15) is 13.8 Å². The summed E-state index contributed by atoms with van der Waals surface area (Å²) in [5.74, 6) is 0. The molecule has 0 saturated carbocycles. The van der Waals surface area contributed by atoms with Gasteiger partial charge in [0, 0.05) is 28.2 Å². The average Bonchev–Trinajstić information content (AvgIpc) is 2.44. The molecule has 2 rings (SSSR count). The molecule has 18 heavy (non-hydrogen) atoms. The molecule has 0 radical (unpaired) electrons. The van der Waals surface area contributed by atoms with Gasteiger partial charge in [0.25, 0.3) is 0 Å². The van der Waals surface area contributed by atoms with Crippen molar-refractivity contribution in [1.82, 2.24) is 0 Å². The molecule has 3 N–H and O–H groups in total. The van der Waals surface area contributed by atoms with Crippen molar-refractivity contribution in [1.29, 1.82) is 0 Å². The first-order valence-electron chi connectivity index (χ1n) is 6.09. The second-order valence-corrected chi connectivity index (χ2v) is 4.59. The minimum Gasteiger partial charge on any atom is -0.399 e. The monoisotopic (exact) mass is 260 g/mol. The number of nitrogens with one attached hydrogen (secondary N) is 1. The van der Waals surface area contributed by atoms with Gasteiger partial charge in [-0.25, -0.2) is 0 Å². The lowest BCUT2D eigenvalue weighted by molar-refractivity contribution is 1.39.